The minimum atomic E-state index is -4.54. The van der Waals surface area contributed by atoms with Gasteiger partial charge in [-0.1, -0.05) is 0 Å². The largest absolute Gasteiger partial charge is 0.419 e. The topological polar surface area (TPSA) is 69.2 Å². The third-order valence-corrected chi connectivity index (χ3v) is 7.45. The first-order valence-electron chi connectivity index (χ1n) is 10.5. The Labute approximate surface area is 172 Å². The standard InChI is InChI=1S/C21H24F3N5O/c1-30-5-4-28-9-14-17-18(28)20(14,17)29-10-15(27-16(29)6-11-2-3-11)12-7-13(21(22,23)24)19(25)26-8-12/h7-8,10-11,14,17-18H,2-6,9H2,1H3,(H2,25,26)/t14-,17-,18?,20-/m0/s1. The SMILES string of the molecule is COCCN1C[C@H]2[C@H]3C1[C@@]32n1cc(-c2cnc(N)c(C(F)(F)F)c2)nc1CC1CC1. The van der Waals surface area contributed by atoms with Gasteiger partial charge in [0.2, 0.25) is 0 Å². The summed E-state index contributed by atoms with van der Waals surface area (Å²) in [6.45, 7) is 2.70. The molecule has 2 aromatic rings. The van der Waals surface area contributed by atoms with E-state index < -0.39 is 17.6 Å². The Bertz CT molecular complexity index is 1010. The fourth-order valence-electron chi connectivity index (χ4n) is 5.75. The predicted octanol–water partition coefficient (Wildman–Crippen LogP) is 2.78. The minimum absolute atomic E-state index is 0.0946. The van der Waals surface area contributed by atoms with Crippen LogP contribution in [0.2, 0.25) is 0 Å². The van der Waals surface area contributed by atoms with Crippen molar-refractivity contribution in [1.29, 1.82) is 0 Å². The van der Waals surface area contributed by atoms with Crippen molar-refractivity contribution in [3.8, 4) is 11.3 Å². The molecule has 3 aliphatic carbocycles. The molecule has 2 bridgehead atoms. The molecule has 0 spiro atoms. The van der Waals surface area contributed by atoms with Crippen molar-refractivity contribution < 1.29 is 17.9 Å². The molecule has 4 atom stereocenters. The lowest BCUT2D eigenvalue weighted by Crippen LogP contribution is -2.29. The average Bonchev–Trinajstić information content (AvgIpc) is 3.62. The first-order valence-corrected chi connectivity index (χ1v) is 10.5. The average molecular weight is 419 g/mol. The Morgan fingerprint density at radius 3 is 2.80 bits per heavy atom. The van der Waals surface area contributed by atoms with Gasteiger partial charge in [0.05, 0.1) is 23.4 Å². The van der Waals surface area contributed by atoms with Crippen LogP contribution in [0.5, 0.6) is 0 Å². The summed E-state index contributed by atoms with van der Waals surface area (Å²) in [4.78, 5) is 11.1. The maximum absolute atomic E-state index is 13.3. The Hall–Kier alpha value is -2.13. The maximum atomic E-state index is 13.3. The summed E-state index contributed by atoms with van der Waals surface area (Å²) in [5, 5.41) is 0. The lowest BCUT2D eigenvalue weighted by molar-refractivity contribution is -0.137. The lowest BCUT2D eigenvalue weighted by Gasteiger charge is -2.17. The number of halogens is 3. The van der Waals surface area contributed by atoms with Crippen molar-refractivity contribution >= 4 is 5.82 Å². The van der Waals surface area contributed by atoms with E-state index in [4.69, 9.17) is 15.5 Å². The molecule has 4 heterocycles. The van der Waals surface area contributed by atoms with E-state index in [1.807, 2.05) is 6.20 Å². The van der Waals surface area contributed by atoms with Crippen LogP contribution in [0.15, 0.2) is 18.5 Å². The number of alkyl halides is 3. The highest BCUT2D eigenvalue weighted by Gasteiger charge is 2.93. The Morgan fingerprint density at radius 1 is 1.33 bits per heavy atom. The number of rotatable bonds is 7. The Morgan fingerprint density at radius 2 is 2.13 bits per heavy atom. The van der Waals surface area contributed by atoms with Gasteiger partial charge in [0.1, 0.15) is 11.6 Å². The zero-order valence-electron chi connectivity index (χ0n) is 16.7. The summed E-state index contributed by atoms with van der Waals surface area (Å²) in [5.74, 6) is 2.41. The van der Waals surface area contributed by atoms with Gasteiger partial charge in [0.25, 0.3) is 0 Å². The number of pyridine rings is 1. The van der Waals surface area contributed by atoms with Gasteiger partial charge < -0.3 is 15.0 Å². The number of nitrogens with two attached hydrogens (primary N) is 1. The Kier molecular flexibility index (Phi) is 3.71. The number of ether oxygens (including phenoxy) is 1. The zero-order valence-corrected chi connectivity index (χ0v) is 16.7. The second-order valence-electron chi connectivity index (χ2n) is 9.17. The highest BCUT2D eigenvalue weighted by atomic mass is 19.4. The molecule has 2 aliphatic heterocycles. The lowest BCUT2D eigenvalue weighted by atomic mass is 10.1. The van der Waals surface area contributed by atoms with E-state index in [1.54, 1.807) is 7.11 Å². The molecule has 0 amide bonds. The van der Waals surface area contributed by atoms with Gasteiger partial charge in [0, 0.05) is 62.5 Å². The van der Waals surface area contributed by atoms with E-state index >= 15 is 0 Å². The second kappa shape index (κ2) is 5.97. The van der Waals surface area contributed by atoms with Crippen LogP contribution in [0.25, 0.3) is 11.3 Å². The van der Waals surface area contributed by atoms with Crippen molar-refractivity contribution in [2.45, 2.75) is 37.0 Å². The van der Waals surface area contributed by atoms with Crippen molar-refractivity contribution in [1.82, 2.24) is 19.4 Å². The molecule has 160 valence electrons. The predicted molar refractivity (Wildman–Crippen MR) is 103 cm³/mol. The van der Waals surface area contributed by atoms with E-state index in [9.17, 15) is 13.2 Å². The van der Waals surface area contributed by atoms with Crippen molar-refractivity contribution in [2.75, 3.05) is 32.5 Å². The monoisotopic (exact) mass is 419 g/mol. The summed E-state index contributed by atoms with van der Waals surface area (Å²) in [7, 11) is 1.72. The van der Waals surface area contributed by atoms with Crippen molar-refractivity contribution in [2.24, 2.45) is 17.8 Å². The number of nitrogen functional groups attached to an aromatic ring is 1. The quantitative estimate of drug-likeness (QED) is 0.748. The number of nitrogens with zero attached hydrogens (tertiary/aromatic N) is 4. The van der Waals surface area contributed by atoms with Crippen LogP contribution in [0.4, 0.5) is 19.0 Å². The number of piperidine rings is 1. The van der Waals surface area contributed by atoms with Gasteiger partial charge in [-0.05, 0) is 24.8 Å². The van der Waals surface area contributed by atoms with Gasteiger partial charge in [-0.3, -0.25) is 4.90 Å². The number of fused-ring (bicyclic) bond motifs is 1. The molecule has 0 radical (unpaired) electrons. The zero-order chi connectivity index (χ0) is 20.8. The van der Waals surface area contributed by atoms with Crippen LogP contribution in [-0.2, 0) is 22.9 Å². The molecule has 1 unspecified atom stereocenters. The number of methoxy groups -OCH3 is 1. The van der Waals surface area contributed by atoms with Gasteiger partial charge >= 0.3 is 6.18 Å². The van der Waals surface area contributed by atoms with Crippen LogP contribution in [0.1, 0.15) is 24.2 Å². The van der Waals surface area contributed by atoms with Crippen LogP contribution in [0, 0.1) is 17.8 Å². The number of hydrogen-bond acceptors (Lipinski definition) is 5. The minimum Gasteiger partial charge on any atom is -0.383 e. The molecule has 0 aromatic carbocycles. The van der Waals surface area contributed by atoms with Crippen molar-refractivity contribution in [3.05, 3.63) is 29.8 Å². The number of anilines is 1. The molecule has 30 heavy (non-hydrogen) atoms. The molecular weight excluding hydrogens is 395 g/mol. The van der Waals surface area contributed by atoms with Gasteiger partial charge in [0.15, 0.2) is 0 Å². The molecule has 5 aliphatic rings. The van der Waals surface area contributed by atoms with E-state index in [0.717, 1.165) is 31.4 Å². The van der Waals surface area contributed by atoms with Gasteiger partial charge in [-0.15, -0.1) is 0 Å². The van der Waals surface area contributed by atoms with E-state index in [1.165, 1.54) is 19.0 Å². The summed E-state index contributed by atoms with van der Waals surface area (Å²) in [5.41, 5.74) is 5.59. The maximum Gasteiger partial charge on any atom is 0.419 e. The molecule has 9 heteroatoms. The highest BCUT2D eigenvalue weighted by molar-refractivity contribution is 5.63. The number of hydrogen-bond donors (Lipinski definition) is 1. The molecule has 2 aromatic heterocycles. The fraction of sp³-hybridized carbons (Fsp3) is 0.619. The first kappa shape index (κ1) is 18.6. The van der Waals surface area contributed by atoms with Gasteiger partial charge in [-0.2, -0.15) is 13.2 Å². The first-order chi connectivity index (χ1) is 14.4. The number of imidazole rings is 1. The van der Waals surface area contributed by atoms with Crippen LogP contribution < -0.4 is 5.73 Å². The fourth-order valence-corrected chi connectivity index (χ4v) is 5.75. The summed E-state index contributed by atoms with van der Waals surface area (Å²) < 4.78 is 47.5. The summed E-state index contributed by atoms with van der Waals surface area (Å²) in [6.07, 6.45) is 2.11. The second-order valence-corrected chi connectivity index (χ2v) is 9.17. The van der Waals surface area contributed by atoms with Crippen molar-refractivity contribution in [3.63, 3.8) is 0 Å². The van der Waals surface area contributed by atoms with Gasteiger partial charge in [-0.25, -0.2) is 9.97 Å². The van der Waals surface area contributed by atoms with Crippen LogP contribution in [0.3, 0.4) is 0 Å². The third kappa shape index (κ3) is 2.51. The normalized spacial score (nSPS) is 31.8. The summed E-state index contributed by atoms with van der Waals surface area (Å²) in [6, 6.07) is 1.58. The molecule has 2 N–H and O–H groups in total. The molecular formula is C21H24F3N5O. The van der Waals surface area contributed by atoms with E-state index in [2.05, 4.69) is 14.5 Å². The number of aromatic nitrogens is 3. The smallest absolute Gasteiger partial charge is 0.383 e. The van der Waals surface area contributed by atoms with Crippen LogP contribution >= 0.6 is 0 Å². The molecule has 2 saturated heterocycles. The summed E-state index contributed by atoms with van der Waals surface area (Å²) >= 11 is 0. The molecule has 7 rings (SSSR count). The van der Waals surface area contributed by atoms with E-state index in [-0.39, 0.29) is 5.54 Å². The molecule has 6 nitrogen and oxygen atoms in total. The third-order valence-electron chi connectivity index (χ3n) is 7.45. The van der Waals surface area contributed by atoms with Crippen LogP contribution in [-0.4, -0.2) is 52.3 Å². The Balaban J connectivity index is 1.35. The molecule has 5 fully saturated rings. The molecule has 3 saturated carbocycles. The highest BCUT2D eigenvalue weighted by Crippen LogP contribution is 2.83. The van der Waals surface area contributed by atoms with E-state index in [0.29, 0.717) is 41.7 Å².